The Morgan fingerprint density at radius 1 is 1.29 bits per heavy atom. The van der Waals surface area contributed by atoms with Gasteiger partial charge in [0.05, 0.1) is 5.03 Å². The van der Waals surface area contributed by atoms with Crippen molar-refractivity contribution in [3.8, 4) is 0 Å². The SMILES string of the molecule is CC1(C)c2sc(=O)[nH]c2S[C@@H]2[C@@H]3CC[C@H](C3)[C@H]21. The highest BCUT2D eigenvalue weighted by atomic mass is 32.2. The van der Waals surface area contributed by atoms with Gasteiger partial charge < -0.3 is 4.98 Å². The average Bonchev–Trinajstić information content (AvgIpc) is 2.90. The van der Waals surface area contributed by atoms with Crippen LogP contribution in [0.2, 0.25) is 0 Å². The van der Waals surface area contributed by atoms with Gasteiger partial charge in [0.25, 0.3) is 0 Å². The first-order valence-electron chi connectivity index (χ1n) is 6.47. The van der Waals surface area contributed by atoms with Crippen LogP contribution in [-0.4, -0.2) is 10.2 Å². The summed E-state index contributed by atoms with van der Waals surface area (Å²) >= 11 is 3.41. The first-order chi connectivity index (χ1) is 8.07. The molecule has 92 valence electrons. The van der Waals surface area contributed by atoms with Crippen molar-refractivity contribution in [1.82, 2.24) is 4.98 Å². The number of hydrogen-bond donors (Lipinski definition) is 1. The molecule has 2 bridgehead atoms. The molecular formula is C13H17NOS2. The molecule has 2 heterocycles. The van der Waals surface area contributed by atoms with Crippen LogP contribution >= 0.6 is 23.1 Å². The maximum Gasteiger partial charge on any atom is 0.305 e. The zero-order valence-electron chi connectivity index (χ0n) is 10.2. The van der Waals surface area contributed by atoms with Crippen molar-refractivity contribution >= 4 is 23.1 Å². The fourth-order valence-electron chi connectivity index (χ4n) is 4.52. The van der Waals surface area contributed by atoms with Crippen molar-refractivity contribution < 1.29 is 0 Å². The van der Waals surface area contributed by atoms with Gasteiger partial charge in [0.1, 0.15) is 0 Å². The molecule has 3 aliphatic rings. The van der Waals surface area contributed by atoms with Gasteiger partial charge in [0.15, 0.2) is 0 Å². The molecule has 1 aliphatic heterocycles. The number of H-pyrrole nitrogens is 1. The average molecular weight is 267 g/mol. The molecule has 1 aromatic rings. The molecule has 0 saturated heterocycles. The van der Waals surface area contributed by atoms with E-state index in [2.05, 4.69) is 18.8 Å². The Balaban J connectivity index is 1.89. The van der Waals surface area contributed by atoms with E-state index in [-0.39, 0.29) is 10.3 Å². The summed E-state index contributed by atoms with van der Waals surface area (Å²) in [5.41, 5.74) is 0.203. The Labute approximate surface area is 109 Å². The molecule has 1 aromatic heterocycles. The molecule has 4 heteroatoms. The van der Waals surface area contributed by atoms with Crippen LogP contribution in [0, 0.1) is 17.8 Å². The van der Waals surface area contributed by atoms with Gasteiger partial charge in [0.2, 0.25) is 0 Å². The lowest BCUT2D eigenvalue weighted by Crippen LogP contribution is -2.42. The second kappa shape index (κ2) is 3.21. The fraction of sp³-hybridized carbons (Fsp3) is 0.769. The first kappa shape index (κ1) is 10.7. The first-order valence-corrected chi connectivity index (χ1v) is 8.17. The third-order valence-corrected chi connectivity index (χ3v) is 7.97. The lowest BCUT2D eigenvalue weighted by molar-refractivity contribution is 0.218. The number of thioether (sulfide) groups is 1. The Morgan fingerprint density at radius 2 is 2.06 bits per heavy atom. The molecule has 2 nitrogen and oxygen atoms in total. The molecule has 0 aromatic carbocycles. The van der Waals surface area contributed by atoms with Crippen LogP contribution in [0.15, 0.2) is 9.82 Å². The summed E-state index contributed by atoms with van der Waals surface area (Å²) in [4.78, 5) is 16.1. The molecule has 1 N–H and O–H groups in total. The summed E-state index contributed by atoms with van der Waals surface area (Å²) in [5.74, 6) is 2.62. The molecule has 4 rings (SSSR count). The lowest BCUT2D eigenvalue weighted by Gasteiger charge is -2.45. The molecule has 4 atom stereocenters. The minimum Gasteiger partial charge on any atom is -0.307 e. The van der Waals surface area contributed by atoms with Crippen LogP contribution in [0.3, 0.4) is 0 Å². The van der Waals surface area contributed by atoms with Gasteiger partial charge in [-0.1, -0.05) is 25.2 Å². The van der Waals surface area contributed by atoms with Gasteiger partial charge in [-0.2, -0.15) is 0 Å². The number of nitrogens with one attached hydrogen (secondary N) is 1. The second-order valence-corrected chi connectivity index (χ2v) is 8.51. The normalized spacial score (nSPS) is 41.3. The number of hydrogen-bond acceptors (Lipinski definition) is 3. The molecule has 0 radical (unpaired) electrons. The van der Waals surface area contributed by atoms with Gasteiger partial charge >= 0.3 is 4.87 Å². The van der Waals surface area contributed by atoms with E-state index >= 15 is 0 Å². The van der Waals surface area contributed by atoms with Crippen molar-refractivity contribution in [2.24, 2.45) is 17.8 Å². The predicted molar refractivity (Wildman–Crippen MR) is 71.9 cm³/mol. The van der Waals surface area contributed by atoms with E-state index in [0.29, 0.717) is 0 Å². The minimum absolute atomic E-state index is 0.128. The standard InChI is InChI=1S/C13H17NOS2/c1-13(2)8-6-3-4-7(5-6)9(8)16-11-10(13)17-12(15)14-11/h6-9H,3-5H2,1-2H3,(H,14,15)/t6-,7-,8-,9-/m1/s1. The Hall–Kier alpha value is -0.220. The molecule has 0 spiro atoms. The number of rotatable bonds is 0. The van der Waals surface area contributed by atoms with Crippen LogP contribution < -0.4 is 4.87 Å². The summed E-state index contributed by atoms with van der Waals surface area (Å²) in [6.07, 6.45) is 4.27. The van der Waals surface area contributed by atoms with Gasteiger partial charge in [-0.15, -0.1) is 11.8 Å². The van der Waals surface area contributed by atoms with Crippen molar-refractivity contribution in [3.63, 3.8) is 0 Å². The molecule has 2 saturated carbocycles. The molecular weight excluding hydrogens is 250 g/mol. The van der Waals surface area contributed by atoms with Gasteiger partial charge in [-0.3, -0.25) is 4.79 Å². The van der Waals surface area contributed by atoms with Gasteiger partial charge in [0, 0.05) is 15.5 Å². The third-order valence-electron chi connectivity index (χ3n) is 5.13. The molecule has 2 aliphatic carbocycles. The van der Waals surface area contributed by atoms with Gasteiger partial charge in [-0.05, 0) is 37.0 Å². The van der Waals surface area contributed by atoms with Crippen LogP contribution in [0.1, 0.15) is 38.0 Å². The quantitative estimate of drug-likeness (QED) is 0.783. The summed E-state index contributed by atoms with van der Waals surface area (Å²) < 4.78 is 0. The Bertz CT molecular complexity index is 530. The highest BCUT2D eigenvalue weighted by Gasteiger charge is 2.57. The summed E-state index contributed by atoms with van der Waals surface area (Å²) in [6, 6.07) is 0. The Morgan fingerprint density at radius 3 is 2.88 bits per heavy atom. The highest BCUT2D eigenvalue weighted by molar-refractivity contribution is 8.00. The number of aromatic amines is 1. The molecule has 2 fully saturated rings. The number of fused-ring (bicyclic) bond motifs is 6. The zero-order valence-corrected chi connectivity index (χ0v) is 11.8. The lowest BCUT2D eigenvalue weighted by atomic mass is 9.69. The van der Waals surface area contributed by atoms with Crippen LogP contribution in [0.4, 0.5) is 0 Å². The van der Waals surface area contributed by atoms with E-state index in [4.69, 9.17) is 0 Å². The van der Waals surface area contributed by atoms with E-state index in [1.807, 2.05) is 11.8 Å². The highest BCUT2D eigenvalue weighted by Crippen LogP contribution is 2.64. The van der Waals surface area contributed by atoms with Crippen LogP contribution in [0.25, 0.3) is 0 Å². The van der Waals surface area contributed by atoms with Crippen LogP contribution in [-0.2, 0) is 5.41 Å². The van der Waals surface area contributed by atoms with Crippen molar-refractivity contribution in [2.45, 2.75) is 48.8 Å². The summed E-state index contributed by atoms with van der Waals surface area (Å²) in [7, 11) is 0. The third kappa shape index (κ3) is 1.26. The van der Waals surface area contributed by atoms with E-state index in [9.17, 15) is 4.79 Å². The second-order valence-electron chi connectivity index (χ2n) is 6.34. The predicted octanol–water partition coefficient (Wildman–Crippen LogP) is 3.23. The maximum absolute atomic E-state index is 11.6. The molecule has 0 amide bonds. The smallest absolute Gasteiger partial charge is 0.305 e. The van der Waals surface area contributed by atoms with Gasteiger partial charge in [-0.25, -0.2) is 0 Å². The van der Waals surface area contributed by atoms with Crippen molar-refractivity contribution in [1.29, 1.82) is 0 Å². The van der Waals surface area contributed by atoms with Crippen molar-refractivity contribution in [2.75, 3.05) is 0 Å². The fourth-order valence-corrected chi connectivity index (χ4v) is 7.67. The molecule has 17 heavy (non-hydrogen) atoms. The van der Waals surface area contributed by atoms with E-state index in [1.165, 1.54) is 40.5 Å². The maximum atomic E-state index is 11.6. The van der Waals surface area contributed by atoms with E-state index in [1.54, 1.807) is 0 Å². The van der Waals surface area contributed by atoms with Crippen molar-refractivity contribution in [3.05, 3.63) is 14.5 Å². The number of aromatic nitrogens is 1. The van der Waals surface area contributed by atoms with E-state index < -0.39 is 0 Å². The monoisotopic (exact) mass is 267 g/mol. The van der Waals surface area contributed by atoms with Crippen LogP contribution in [0.5, 0.6) is 0 Å². The molecule has 0 unspecified atom stereocenters. The number of thiazole rings is 1. The largest absolute Gasteiger partial charge is 0.307 e. The van der Waals surface area contributed by atoms with E-state index in [0.717, 1.165) is 23.0 Å². The summed E-state index contributed by atoms with van der Waals surface area (Å²) in [6.45, 7) is 4.71. The Kier molecular flexibility index (Phi) is 2.02. The summed E-state index contributed by atoms with van der Waals surface area (Å²) in [5, 5.41) is 1.94. The topological polar surface area (TPSA) is 32.9 Å². The minimum atomic E-state index is 0.128. The zero-order chi connectivity index (χ0) is 11.8.